The molecule has 0 N–H and O–H groups in total. The predicted molar refractivity (Wildman–Crippen MR) is 104 cm³/mol. The maximum absolute atomic E-state index is 12.5. The highest BCUT2D eigenvalue weighted by Gasteiger charge is 2.31. The number of carbonyl (C=O) groups excluding carboxylic acids is 2. The first-order valence-corrected chi connectivity index (χ1v) is 10.2. The van der Waals surface area contributed by atoms with E-state index in [9.17, 15) is 14.4 Å². The molecule has 3 aromatic rings. The van der Waals surface area contributed by atoms with E-state index in [-0.39, 0.29) is 30.4 Å². The fraction of sp³-hybridized carbons (Fsp3) is 0.421. The van der Waals surface area contributed by atoms with E-state index in [1.54, 1.807) is 17.0 Å². The summed E-state index contributed by atoms with van der Waals surface area (Å²) in [6.07, 6.45) is 3.51. The number of furan rings is 1. The Morgan fingerprint density at radius 3 is 3.03 bits per heavy atom. The molecule has 9 nitrogen and oxygen atoms in total. The zero-order valence-electron chi connectivity index (χ0n) is 15.9. The van der Waals surface area contributed by atoms with Crippen LogP contribution in [0, 0.1) is 5.92 Å². The summed E-state index contributed by atoms with van der Waals surface area (Å²) in [5.41, 5.74) is 0.0823. The third kappa shape index (κ3) is 4.07. The van der Waals surface area contributed by atoms with Crippen molar-refractivity contribution < 1.29 is 18.7 Å². The molecule has 1 fully saturated rings. The summed E-state index contributed by atoms with van der Waals surface area (Å²) in [7, 11) is 0. The molecule has 0 aromatic carbocycles. The van der Waals surface area contributed by atoms with Crippen LogP contribution in [0.2, 0.25) is 0 Å². The maximum Gasteiger partial charge on any atom is 0.311 e. The molecule has 1 saturated heterocycles. The first kappa shape index (κ1) is 19.3. The Morgan fingerprint density at radius 1 is 1.41 bits per heavy atom. The first-order valence-electron chi connectivity index (χ1n) is 9.43. The monoisotopic (exact) mass is 416 g/mol. The second-order valence-electron chi connectivity index (χ2n) is 6.80. The number of piperidine rings is 1. The van der Waals surface area contributed by atoms with Crippen LogP contribution in [-0.4, -0.2) is 44.5 Å². The minimum atomic E-state index is -0.414. The quantitative estimate of drug-likeness (QED) is 0.585. The number of likely N-dealkylation sites (tertiary alicyclic amines) is 1. The van der Waals surface area contributed by atoms with Gasteiger partial charge in [0.2, 0.25) is 4.96 Å². The molecule has 1 unspecified atom stereocenters. The molecule has 0 saturated carbocycles. The average molecular weight is 416 g/mol. The third-order valence-corrected chi connectivity index (χ3v) is 5.83. The van der Waals surface area contributed by atoms with Crippen LogP contribution in [-0.2, 0) is 22.6 Å². The molecule has 152 valence electrons. The van der Waals surface area contributed by atoms with Crippen molar-refractivity contribution in [3.63, 3.8) is 0 Å². The number of hydrogen-bond donors (Lipinski definition) is 0. The van der Waals surface area contributed by atoms with Crippen molar-refractivity contribution in [3.05, 3.63) is 51.3 Å². The second kappa shape index (κ2) is 8.16. The first-order chi connectivity index (χ1) is 14.0. The minimum Gasteiger partial charge on any atom is -0.459 e. The number of carbonyl (C=O) groups is 2. The zero-order valence-corrected chi connectivity index (χ0v) is 16.7. The molecule has 3 aromatic heterocycles. The molecule has 1 aliphatic rings. The number of fused-ring (bicyclic) bond motifs is 1. The minimum absolute atomic E-state index is 0.0907. The van der Waals surface area contributed by atoms with E-state index in [0.29, 0.717) is 36.5 Å². The van der Waals surface area contributed by atoms with E-state index >= 15 is 0 Å². The molecule has 0 radical (unpaired) electrons. The van der Waals surface area contributed by atoms with Crippen LogP contribution in [0.5, 0.6) is 0 Å². The number of aryl methyl sites for hydroxylation is 1. The Morgan fingerprint density at radius 2 is 2.28 bits per heavy atom. The lowest BCUT2D eigenvalue weighted by molar-refractivity contribution is -0.151. The average Bonchev–Trinajstić information content (AvgIpc) is 3.41. The standard InChI is InChI=1S/C19H20N4O5S/c1-2-15-21-23-16(24)9-13(20-19(23)29-15)11-28-18(26)12-5-3-7-22(10-12)17(25)14-6-4-8-27-14/h4,6,8-9,12H,2-3,5,7,10-11H2,1H3. The lowest BCUT2D eigenvalue weighted by Crippen LogP contribution is -2.42. The SMILES string of the molecule is CCc1nn2c(=O)cc(COC(=O)C3CCCN(C(=O)c4ccco4)C3)nc2s1. The predicted octanol–water partition coefficient (Wildman–Crippen LogP) is 1.90. The molecule has 1 atom stereocenters. The summed E-state index contributed by atoms with van der Waals surface area (Å²) >= 11 is 1.34. The fourth-order valence-corrected chi connectivity index (χ4v) is 4.14. The zero-order chi connectivity index (χ0) is 20.4. The van der Waals surface area contributed by atoms with E-state index in [1.165, 1.54) is 28.2 Å². The summed E-state index contributed by atoms with van der Waals surface area (Å²) in [5.74, 6) is -0.789. The van der Waals surface area contributed by atoms with E-state index in [2.05, 4.69) is 10.1 Å². The smallest absolute Gasteiger partial charge is 0.311 e. The van der Waals surface area contributed by atoms with Gasteiger partial charge in [0.15, 0.2) is 5.76 Å². The molecule has 0 aliphatic carbocycles. The molecule has 4 heterocycles. The number of hydrogen-bond acceptors (Lipinski definition) is 8. The van der Waals surface area contributed by atoms with Gasteiger partial charge in [-0.25, -0.2) is 4.98 Å². The molecule has 1 aliphatic heterocycles. The number of ether oxygens (including phenoxy) is 1. The van der Waals surface area contributed by atoms with Crippen molar-refractivity contribution in [2.45, 2.75) is 32.8 Å². The summed E-state index contributed by atoms with van der Waals surface area (Å²) in [5, 5.41) is 5.01. The van der Waals surface area contributed by atoms with Crippen LogP contribution >= 0.6 is 11.3 Å². The summed E-state index contributed by atoms with van der Waals surface area (Å²) in [6, 6.07) is 4.59. The fourth-order valence-electron chi connectivity index (χ4n) is 3.29. The van der Waals surface area contributed by atoms with E-state index < -0.39 is 11.9 Å². The van der Waals surface area contributed by atoms with Gasteiger partial charge in [0.05, 0.1) is 17.9 Å². The number of nitrogens with zero attached hydrogens (tertiary/aromatic N) is 4. The second-order valence-corrected chi connectivity index (χ2v) is 7.85. The van der Waals surface area contributed by atoms with Crippen molar-refractivity contribution in [1.82, 2.24) is 19.5 Å². The normalized spacial score (nSPS) is 16.9. The molecule has 1 amide bonds. The molecule has 0 bridgehead atoms. The molecule has 10 heteroatoms. The van der Waals surface area contributed by atoms with Gasteiger partial charge < -0.3 is 14.1 Å². The Bertz CT molecular complexity index is 1090. The van der Waals surface area contributed by atoms with Gasteiger partial charge in [-0.3, -0.25) is 14.4 Å². The van der Waals surface area contributed by atoms with Crippen LogP contribution in [0.3, 0.4) is 0 Å². The van der Waals surface area contributed by atoms with E-state index in [0.717, 1.165) is 5.01 Å². The lowest BCUT2D eigenvalue weighted by Gasteiger charge is -2.30. The van der Waals surface area contributed by atoms with Crippen molar-refractivity contribution >= 4 is 28.2 Å². The van der Waals surface area contributed by atoms with E-state index in [1.807, 2.05) is 6.92 Å². The number of esters is 1. The Hall–Kier alpha value is -3.01. The van der Waals surface area contributed by atoms with Gasteiger partial charge in [0, 0.05) is 19.2 Å². The van der Waals surface area contributed by atoms with Crippen molar-refractivity contribution in [3.8, 4) is 0 Å². The van der Waals surface area contributed by atoms with Crippen molar-refractivity contribution in [2.24, 2.45) is 5.92 Å². The van der Waals surface area contributed by atoms with Crippen molar-refractivity contribution in [2.75, 3.05) is 13.1 Å². The largest absolute Gasteiger partial charge is 0.459 e. The molecule has 0 spiro atoms. The maximum atomic E-state index is 12.5. The van der Waals surface area contributed by atoms with E-state index in [4.69, 9.17) is 9.15 Å². The van der Waals surface area contributed by atoms with Gasteiger partial charge in [0.1, 0.15) is 11.6 Å². The van der Waals surface area contributed by atoms with Crippen LogP contribution in [0.15, 0.2) is 33.7 Å². The van der Waals surface area contributed by atoms with Crippen LogP contribution in [0.1, 0.15) is 41.0 Å². The Kier molecular flexibility index (Phi) is 5.43. The van der Waals surface area contributed by atoms with Gasteiger partial charge in [-0.15, -0.1) is 0 Å². The third-order valence-electron chi connectivity index (χ3n) is 4.78. The van der Waals surface area contributed by atoms with Crippen LogP contribution in [0.25, 0.3) is 4.96 Å². The molecule has 29 heavy (non-hydrogen) atoms. The molecular formula is C19H20N4O5S. The van der Waals surface area contributed by atoms with Gasteiger partial charge in [-0.05, 0) is 31.4 Å². The Balaban J connectivity index is 1.39. The Labute approximate surface area is 169 Å². The summed E-state index contributed by atoms with van der Waals surface area (Å²) in [4.78, 5) is 43.6. The molecule has 4 rings (SSSR count). The molecular weight excluding hydrogens is 396 g/mol. The summed E-state index contributed by atoms with van der Waals surface area (Å²) in [6.45, 7) is 2.72. The lowest BCUT2D eigenvalue weighted by atomic mass is 9.98. The van der Waals surface area contributed by atoms with Gasteiger partial charge in [0.25, 0.3) is 11.5 Å². The highest BCUT2D eigenvalue weighted by Crippen LogP contribution is 2.21. The number of aromatic nitrogens is 3. The highest BCUT2D eigenvalue weighted by molar-refractivity contribution is 7.16. The van der Waals surface area contributed by atoms with Crippen LogP contribution in [0.4, 0.5) is 0 Å². The van der Waals surface area contributed by atoms with Gasteiger partial charge in [-0.2, -0.15) is 9.61 Å². The number of amides is 1. The van der Waals surface area contributed by atoms with Crippen molar-refractivity contribution in [1.29, 1.82) is 0 Å². The van der Waals surface area contributed by atoms with Gasteiger partial charge >= 0.3 is 5.97 Å². The van der Waals surface area contributed by atoms with Gasteiger partial charge in [-0.1, -0.05) is 18.3 Å². The highest BCUT2D eigenvalue weighted by atomic mass is 32.1. The number of rotatable bonds is 5. The van der Waals surface area contributed by atoms with Crippen LogP contribution < -0.4 is 5.56 Å². The summed E-state index contributed by atoms with van der Waals surface area (Å²) < 4.78 is 11.8. The topological polar surface area (TPSA) is 107 Å².